The number of hydrogen-bond donors (Lipinski definition) is 1. The molecule has 0 fully saturated rings. The molecule has 14 heavy (non-hydrogen) atoms. The van der Waals surface area contributed by atoms with E-state index in [4.69, 9.17) is 0 Å². The van der Waals surface area contributed by atoms with Crippen molar-refractivity contribution in [2.75, 3.05) is 13.1 Å². The SMILES string of the molecule is CCNCC(C)Cn1ccc(=O)cc1. The second-order valence-corrected chi connectivity index (χ2v) is 3.64. The minimum Gasteiger partial charge on any atom is -0.354 e. The van der Waals surface area contributed by atoms with E-state index in [1.54, 1.807) is 12.1 Å². The molecule has 0 bridgehead atoms. The third-order valence-electron chi connectivity index (χ3n) is 2.13. The van der Waals surface area contributed by atoms with Crippen LogP contribution < -0.4 is 10.7 Å². The van der Waals surface area contributed by atoms with E-state index in [1.165, 1.54) is 0 Å². The van der Waals surface area contributed by atoms with Crippen LogP contribution in [0.25, 0.3) is 0 Å². The number of aromatic nitrogens is 1. The molecule has 0 amide bonds. The molecule has 0 radical (unpaired) electrons. The summed E-state index contributed by atoms with van der Waals surface area (Å²) in [6, 6.07) is 3.19. The fourth-order valence-corrected chi connectivity index (χ4v) is 1.38. The molecule has 1 atom stereocenters. The average Bonchev–Trinajstić information content (AvgIpc) is 2.18. The molecule has 1 unspecified atom stereocenters. The van der Waals surface area contributed by atoms with Crippen molar-refractivity contribution in [2.45, 2.75) is 20.4 Å². The smallest absolute Gasteiger partial charge is 0.181 e. The van der Waals surface area contributed by atoms with Gasteiger partial charge in [-0.15, -0.1) is 0 Å². The summed E-state index contributed by atoms with van der Waals surface area (Å²) in [7, 11) is 0. The zero-order chi connectivity index (χ0) is 10.4. The van der Waals surface area contributed by atoms with Crippen LogP contribution in [0.2, 0.25) is 0 Å². The topological polar surface area (TPSA) is 34.0 Å². The fourth-order valence-electron chi connectivity index (χ4n) is 1.38. The predicted octanol–water partition coefficient (Wildman–Crippen LogP) is 1.09. The van der Waals surface area contributed by atoms with Gasteiger partial charge in [0.1, 0.15) is 0 Å². The molecule has 1 aromatic heterocycles. The lowest BCUT2D eigenvalue weighted by atomic mass is 10.2. The summed E-state index contributed by atoms with van der Waals surface area (Å²) in [5, 5.41) is 3.30. The van der Waals surface area contributed by atoms with Crippen LogP contribution in [0.5, 0.6) is 0 Å². The summed E-state index contributed by atoms with van der Waals surface area (Å²) in [4.78, 5) is 10.9. The van der Waals surface area contributed by atoms with E-state index in [0.29, 0.717) is 5.92 Å². The number of nitrogens with zero attached hydrogens (tertiary/aromatic N) is 1. The summed E-state index contributed by atoms with van der Waals surface area (Å²) < 4.78 is 2.05. The Morgan fingerprint density at radius 2 is 2.07 bits per heavy atom. The lowest BCUT2D eigenvalue weighted by Gasteiger charge is -2.13. The van der Waals surface area contributed by atoms with E-state index in [-0.39, 0.29) is 5.43 Å². The normalized spacial score (nSPS) is 12.7. The molecule has 0 aliphatic carbocycles. The second-order valence-electron chi connectivity index (χ2n) is 3.64. The molecule has 0 saturated carbocycles. The first-order valence-electron chi connectivity index (χ1n) is 5.09. The lowest BCUT2D eigenvalue weighted by Crippen LogP contribution is -2.23. The Hall–Kier alpha value is -1.09. The highest BCUT2D eigenvalue weighted by atomic mass is 16.1. The molecule has 1 rings (SSSR count). The Morgan fingerprint density at radius 3 is 2.64 bits per heavy atom. The third kappa shape index (κ3) is 3.75. The quantitative estimate of drug-likeness (QED) is 0.761. The van der Waals surface area contributed by atoms with Crippen LogP contribution in [-0.4, -0.2) is 17.7 Å². The molecule has 0 saturated heterocycles. The molecule has 0 aliphatic heterocycles. The van der Waals surface area contributed by atoms with Gasteiger partial charge in [-0.3, -0.25) is 4.79 Å². The van der Waals surface area contributed by atoms with Crippen LogP contribution in [0.1, 0.15) is 13.8 Å². The maximum atomic E-state index is 10.9. The van der Waals surface area contributed by atoms with Crippen molar-refractivity contribution >= 4 is 0 Å². The highest BCUT2D eigenvalue weighted by Crippen LogP contribution is 1.97. The van der Waals surface area contributed by atoms with Crippen molar-refractivity contribution < 1.29 is 0 Å². The highest BCUT2D eigenvalue weighted by Gasteiger charge is 2.00. The summed E-state index contributed by atoms with van der Waals surface area (Å²) in [6.45, 7) is 7.28. The average molecular weight is 194 g/mol. The van der Waals surface area contributed by atoms with Gasteiger partial charge in [-0.25, -0.2) is 0 Å². The molecule has 0 aliphatic rings. The Labute approximate surface area is 84.8 Å². The van der Waals surface area contributed by atoms with Crippen LogP contribution in [0.3, 0.4) is 0 Å². The third-order valence-corrected chi connectivity index (χ3v) is 2.13. The molecular formula is C11H18N2O. The van der Waals surface area contributed by atoms with E-state index in [2.05, 4.69) is 19.2 Å². The van der Waals surface area contributed by atoms with Crippen molar-refractivity contribution in [1.82, 2.24) is 9.88 Å². The van der Waals surface area contributed by atoms with E-state index >= 15 is 0 Å². The van der Waals surface area contributed by atoms with Gasteiger partial charge in [-0.1, -0.05) is 13.8 Å². The van der Waals surface area contributed by atoms with Crippen molar-refractivity contribution in [3.05, 3.63) is 34.7 Å². The first kappa shape index (κ1) is 11.0. The number of hydrogen-bond acceptors (Lipinski definition) is 2. The maximum Gasteiger partial charge on any atom is 0.181 e. The zero-order valence-corrected chi connectivity index (χ0v) is 8.86. The monoisotopic (exact) mass is 194 g/mol. The molecule has 1 aromatic rings. The summed E-state index contributed by atoms with van der Waals surface area (Å²) in [5.41, 5.74) is 0.0700. The van der Waals surface area contributed by atoms with Gasteiger partial charge >= 0.3 is 0 Å². The maximum absolute atomic E-state index is 10.9. The summed E-state index contributed by atoms with van der Waals surface area (Å²) in [6.07, 6.45) is 3.68. The number of pyridine rings is 1. The van der Waals surface area contributed by atoms with Gasteiger partial charge in [0, 0.05) is 31.1 Å². The van der Waals surface area contributed by atoms with E-state index in [0.717, 1.165) is 19.6 Å². The molecule has 1 N–H and O–H groups in total. The minimum absolute atomic E-state index is 0.0700. The molecular weight excluding hydrogens is 176 g/mol. The van der Waals surface area contributed by atoms with E-state index in [9.17, 15) is 4.79 Å². The minimum atomic E-state index is 0.0700. The Balaban J connectivity index is 2.43. The zero-order valence-electron chi connectivity index (χ0n) is 8.86. The number of rotatable bonds is 5. The van der Waals surface area contributed by atoms with Crippen LogP contribution >= 0.6 is 0 Å². The Bertz CT molecular complexity index is 299. The van der Waals surface area contributed by atoms with E-state index in [1.807, 2.05) is 17.0 Å². The lowest BCUT2D eigenvalue weighted by molar-refractivity contribution is 0.450. The Kier molecular flexibility index (Phi) is 4.40. The van der Waals surface area contributed by atoms with Crippen molar-refractivity contribution in [3.8, 4) is 0 Å². The van der Waals surface area contributed by atoms with Crippen molar-refractivity contribution in [1.29, 1.82) is 0 Å². The van der Waals surface area contributed by atoms with Crippen LogP contribution in [0.15, 0.2) is 29.3 Å². The first-order valence-corrected chi connectivity index (χ1v) is 5.09. The van der Waals surface area contributed by atoms with Crippen LogP contribution in [0.4, 0.5) is 0 Å². The van der Waals surface area contributed by atoms with Gasteiger partial charge < -0.3 is 9.88 Å². The fraction of sp³-hybridized carbons (Fsp3) is 0.545. The molecule has 0 spiro atoms. The predicted molar refractivity (Wildman–Crippen MR) is 58.4 cm³/mol. The molecule has 3 heteroatoms. The molecule has 0 aromatic carbocycles. The first-order chi connectivity index (χ1) is 6.72. The molecule has 78 valence electrons. The molecule has 1 heterocycles. The summed E-state index contributed by atoms with van der Waals surface area (Å²) in [5.74, 6) is 0.581. The van der Waals surface area contributed by atoms with Gasteiger partial charge in [0.2, 0.25) is 0 Å². The second kappa shape index (κ2) is 5.60. The largest absolute Gasteiger partial charge is 0.354 e. The van der Waals surface area contributed by atoms with E-state index < -0.39 is 0 Å². The van der Waals surface area contributed by atoms with Crippen molar-refractivity contribution in [2.24, 2.45) is 5.92 Å². The van der Waals surface area contributed by atoms with Crippen molar-refractivity contribution in [3.63, 3.8) is 0 Å². The van der Waals surface area contributed by atoms with Crippen LogP contribution in [0, 0.1) is 5.92 Å². The van der Waals surface area contributed by atoms with Gasteiger partial charge in [0.15, 0.2) is 5.43 Å². The Morgan fingerprint density at radius 1 is 1.43 bits per heavy atom. The van der Waals surface area contributed by atoms with Gasteiger partial charge in [0.25, 0.3) is 0 Å². The number of nitrogens with one attached hydrogen (secondary N) is 1. The van der Waals surface area contributed by atoms with Crippen LogP contribution in [-0.2, 0) is 6.54 Å². The standard InChI is InChI=1S/C11H18N2O/c1-3-12-8-10(2)9-13-6-4-11(14)5-7-13/h4-7,10,12H,3,8-9H2,1-2H3. The van der Waals surface area contributed by atoms with Gasteiger partial charge in [-0.05, 0) is 19.0 Å². The highest BCUT2D eigenvalue weighted by molar-refractivity contribution is 4.93. The summed E-state index contributed by atoms with van der Waals surface area (Å²) >= 11 is 0. The molecule has 3 nitrogen and oxygen atoms in total. The van der Waals surface area contributed by atoms with Gasteiger partial charge in [-0.2, -0.15) is 0 Å². The van der Waals surface area contributed by atoms with Gasteiger partial charge in [0.05, 0.1) is 0 Å².